The molecule has 0 N–H and O–H groups in total. The van der Waals surface area contributed by atoms with Crippen molar-refractivity contribution in [1.82, 2.24) is 0 Å². The average molecular weight is 958 g/mol. The van der Waals surface area contributed by atoms with Crippen LogP contribution in [0.15, 0.2) is 265 Å². The third-order valence-electron chi connectivity index (χ3n) is 13.8. The van der Waals surface area contributed by atoms with E-state index in [0.717, 1.165) is 73.1 Å². The third-order valence-corrected chi connectivity index (χ3v) is 16.0. The summed E-state index contributed by atoms with van der Waals surface area (Å²) in [6.07, 6.45) is 0. The summed E-state index contributed by atoms with van der Waals surface area (Å²) in [7, 11) is 0. The van der Waals surface area contributed by atoms with Gasteiger partial charge in [-0.15, -0.1) is 22.7 Å². The molecule has 0 amide bonds. The lowest BCUT2D eigenvalue weighted by Gasteiger charge is -2.30. The number of hydrogen-bond donors (Lipinski definition) is 0. The first-order valence-electron chi connectivity index (χ1n) is 24.2. The second-order valence-electron chi connectivity index (χ2n) is 18.1. The molecule has 0 aliphatic carbocycles. The van der Waals surface area contributed by atoms with E-state index in [2.05, 4.69) is 269 Å². The van der Waals surface area contributed by atoms with Crippen LogP contribution >= 0.6 is 22.7 Å². The SMILES string of the molecule is c1ccc(N(c2ccccc2)c2ccc3sc4cc(N(c5ccc(-c6ccc7c(c6)sc6ccccc67)cc5)c5ccc6oc7ccccc7c6c5)cc(N(c5ccccc5)c5ccccc5)c4c3c2)cc1. The minimum Gasteiger partial charge on any atom is -0.456 e. The zero-order valence-corrected chi connectivity index (χ0v) is 40.5. The van der Waals surface area contributed by atoms with Crippen LogP contribution in [0.2, 0.25) is 0 Å². The first-order chi connectivity index (χ1) is 35.7. The van der Waals surface area contributed by atoms with E-state index in [0.29, 0.717) is 0 Å². The van der Waals surface area contributed by atoms with Crippen LogP contribution in [0.25, 0.3) is 73.4 Å². The number of para-hydroxylation sites is 5. The van der Waals surface area contributed by atoms with E-state index < -0.39 is 0 Å². The van der Waals surface area contributed by atoms with Gasteiger partial charge in [-0.05, 0) is 139 Å². The van der Waals surface area contributed by atoms with E-state index in [1.807, 2.05) is 28.7 Å². The Bertz CT molecular complexity index is 4200. The Morgan fingerprint density at radius 1 is 0.250 bits per heavy atom. The lowest BCUT2D eigenvalue weighted by molar-refractivity contribution is 0.669. The predicted molar refractivity (Wildman–Crippen MR) is 309 cm³/mol. The Morgan fingerprint density at radius 2 is 0.722 bits per heavy atom. The quantitative estimate of drug-likeness (QED) is 0.136. The van der Waals surface area contributed by atoms with Crippen LogP contribution in [0.5, 0.6) is 0 Å². The van der Waals surface area contributed by atoms with Crippen molar-refractivity contribution in [2.24, 2.45) is 0 Å². The molecule has 0 bridgehead atoms. The van der Waals surface area contributed by atoms with Crippen LogP contribution < -0.4 is 14.7 Å². The first kappa shape index (κ1) is 42.0. The van der Waals surface area contributed by atoms with Gasteiger partial charge in [0.15, 0.2) is 0 Å². The van der Waals surface area contributed by atoms with Crippen molar-refractivity contribution >= 4 is 136 Å². The van der Waals surface area contributed by atoms with Gasteiger partial charge < -0.3 is 19.1 Å². The summed E-state index contributed by atoms with van der Waals surface area (Å²) in [5.74, 6) is 0. The molecule has 0 fully saturated rings. The van der Waals surface area contributed by atoms with Gasteiger partial charge in [-0.1, -0.05) is 133 Å². The Kier molecular flexibility index (Phi) is 10.2. The van der Waals surface area contributed by atoms with Gasteiger partial charge in [0.05, 0.1) is 5.69 Å². The highest BCUT2D eigenvalue weighted by atomic mass is 32.1. The number of rotatable bonds is 10. The fraction of sp³-hybridized carbons (Fsp3) is 0. The number of benzene rings is 11. The Hall–Kier alpha value is -8.94. The molecule has 0 saturated carbocycles. The number of hydrogen-bond acceptors (Lipinski definition) is 6. The van der Waals surface area contributed by atoms with Crippen LogP contribution in [0.1, 0.15) is 0 Å². The summed E-state index contributed by atoms with van der Waals surface area (Å²) in [6, 6.07) is 94.2. The molecule has 0 radical (unpaired) electrons. The van der Waals surface area contributed by atoms with E-state index in [1.165, 1.54) is 51.5 Å². The Labute approximate surface area is 424 Å². The number of fused-ring (bicyclic) bond motifs is 9. The van der Waals surface area contributed by atoms with E-state index in [1.54, 1.807) is 0 Å². The van der Waals surface area contributed by atoms with Crippen molar-refractivity contribution in [2.45, 2.75) is 0 Å². The maximum atomic E-state index is 6.41. The molecule has 3 aromatic heterocycles. The summed E-state index contributed by atoms with van der Waals surface area (Å²) in [5, 5.41) is 7.17. The average Bonchev–Trinajstić information content (AvgIpc) is 4.13. The van der Waals surface area contributed by atoms with Gasteiger partial charge in [0.25, 0.3) is 0 Å². The Morgan fingerprint density at radius 3 is 1.40 bits per heavy atom. The van der Waals surface area contributed by atoms with Crippen molar-refractivity contribution in [1.29, 1.82) is 0 Å². The van der Waals surface area contributed by atoms with Gasteiger partial charge in [-0.2, -0.15) is 0 Å². The fourth-order valence-electron chi connectivity index (χ4n) is 10.5. The van der Waals surface area contributed by atoms with Crippen LogP contribution in [0, 0.1) is 0 Å². The van der Waals surface area contributed by atoms with Crippen LogP contribution in [-0.4, -0.2) is 0 Å². The van der Waals surface area contributed by atoms with Crippen molar-refractivity contribution < 1.29 is 4.42 Å². The monoisotopic (exact) mass is 957 g/mol. The summed E-state index contributed by atoms with van der Waals surface area (Å²) < 4.78 is 11.4. The molecule has 11 aromatic carbocycles. The lowest BCUT2D eigenvalue weighted by atomic mass is 10.0. The minimum atomic E-state index is 0.864. The molecule has 4 nitrogen and oxygen atoms in total. The molecule has 0 spiro atoms. The smallest absolute Gasteiger partial charge is 0.135 e. The van der Waals surface area contributed by atoms with Crippen LogP contribution in [0.3, 0.4) is 0 Å². The molecule has 14 rings (SSSR count). The molecule has 6 heteroatoms. The summed E-state index contributed by atoms with van der Waals surface area (Å²) in [6.45, 7) is 0. The molecule has 0 saturated heterocycles. The molecule has 3 heterocycles. The summed E-state index contributed by atoms with van der Waals surface area (Å²) in [5.41, 5.74) is 13.8. The summed E-state index contributed by atoms with van der Waals surface area (Å²) >= 11 is 3.70. The van der Waals surface area contributed by atoms with Crippen molar-refractivity contribution in [3.63, 3.8) is 0 Å². The molecule has 72 heavy (non-hydrogen) atoms. The van der Waals surface area contributed by atoms with E-state index in [4.69, 9.17) is 4.42 Å². The van der Waals surface area contributed by atoms with Crippen molar-refractivity contribution in [3.8, 4) is 11.1 Å². The van der Waals surface area contributed by atoms with Gasteiger partial charge >= 0.3 is 0 Å². The molecular formula is C66H43N3OS2. The standard InChI is InChI=1S/C66H43N3OS2/c1-5-17-46(18-6-1)67(47-19-7-2-8-20-47)52-35-38-63-58(41-52)66-59(69(48-21-9-3-10-22-48)49-23-11-4-12-24-49)42-53(43-65(66)72-63)68(51-34-37-61-57(40-51)54-25-13-15-27-60(54)70-61)50-32-29-44(30-33-50)45-31-36-56-55-26-14-16-28-62(55)71-64(56)39-45/h1-43H. The molecule has 0 aliphatic rings. The van der Waals surface area contributed by atoms with Crippen molar-refractivity contribution in [3.05, 3.63) is 261 Å². The van der Waals surface area contributed by atoms with Crippen LogP contribution in [0.4, 0.5) is 51.2 Å². The van der Waals surface area contributed by atoms with E-state index in [9.17, 15) is 0 Å². The molecule has 0 atom stereocenters. The zero-order chi connectivity index (χ0) is 47.5. The minimum absolute atomic E-state index is 0.864. The largest absolute Gasteiger partial charge is 0.456 e. The molecule has 340 valence electrons. The molecule has 14 aromatic rings. The highest BCUT2D eigenvalue weighted by Crippen LogP contribution is 2.51. The van der Waals surface area contributed by atoms with E-state index in [-0.39, 0.29) is 0 Å². The third kappa shape index (κ3) is 7.27. The van der Waals surface area contributed by atoms with E-state index >= 15 is 0 Å². The summed E-state index contributed by atoms with van der Waals surface area (Å²) in [4.78, 5) is 7.19. The van der Waals surface area contributed by atoms with Gasteiger partial charge in [0, 0.05) is 96.6 Å². The lowest BCUT2D eigenvalue weighted by Crippen LogP contribution is -2.13. The number of thiophene rings is 2. The first-order valence-corrected chi connectivity index (χ1v) is 25.9. The number of anilines is 9. The zero-order valence-electron chi connectivity index (χ0n) is 38.9. The number of nitrogens with zero attached hydrogens (tertiary/aromatic N) is 3. The maximum Gasteiger partial charge on any atom is 0.135 e. The molecular weight excluding hydrogens is 915 g/mol. The fourth-order valence-corrected chi connectivity index (χ4v) is 12.8. The molecule has 0 aliphatic heterocycles. The highest BCUT2D eigenvalue weighted by molar-refractivity contribution is 7.26. The van der Waals surface area contributed by atoms with Gasteiger partial charge in [-0.3, -0.25) is 0 Å². The van der Waals surface area contributed by atoms with Gasteiger partial charge in [0.2, 0.25) is 0 Å². The predicted octanol–water partition coefficient (Wildman–Crippen LogP) is 20.4. The second-order valence-corrected chi connectivity index (χ2v) is 20.3. The topological polar surface area (TPSA) is 22.9 Å². The second kappa shape index (κ2) is 17.5. The Balaban J connectivity index is 1.00. The highest BCUT2D eigenvalue weighted by Gasteiger charge is 2.25. The maximum absolute atomic E-state index is 6.41. The van der Waals surface area contributed by atoms with Gasteiger partial charge in [0.1, 0.15) is 11.2 Å². The number of furan rings is 1. The molecule has 0 unspecified atom stereocenters. The van der Waals surface area contributed by atoms with Crippen LogP contribution in [-0.2, 0) is 0 Å². The van der Waals surface area contributed by atoms with Gasteiger partial charge in [-0.25, -0.2) is 0 Å². The normalized spacial score (nSPS) is 11.6. The van der Waals surface area contributed by atoms with Crippen molar-refractivity contribution in [2.75, 3.05) is 14.7 Å².